The lowest BCUT2D eigenvalue weighted by molar-refractivity contribution is 0.0930. The number of amides is 1. The molecule has 1 atom stereocenters. The van der Waals surface area contributed by atoms with Gasteiger partial charge in [0.1, 0.15) is 5.69 Å². The molecule has 6 heteroatoms. The number of aromatic nitrogens is 2. The third-order valence-corrected chi connectivity index (χ3v) is 4.48. The van der Waals surface area contributed by atoms with Gasteiger partial charge in [0.15, 0.2) is 0 Å². The molecule has 0 fully saturated rings. The van der Waals surface area contributed by atoms with Gasteiger partial charge >= 0.3 is 0 Å². The average molecular weight is 384 g/mol. The van der Waals surface area contributed by atoms with Crippen LogP contribution in [0.15, 0.2) is 60.8 Å². The first-order chi connectivity index (χ1) is 13.1. The molecule has 0 saturated heterocycles. The highest BCUT2D eigenvalue weighted by molar-refractivity contribution is 6.30. The van der Waals surface area contributed by atoms with Crippen LogP contribution in [0.2, 0.25) is 5.02 Å². The van der Waals surface area contributed by atoms with Crippen molar-refractivity contribution in [2.75, 3.05) is 13.7 Å². The van der Waals surface area contributed by atoms with E-state index in [-0.39, 0.29) is 11.9 Å². The molecule has 1 amide bonds. The van der Waals surface area contributed by atoms with E-state index in [0.29, 0.717) is 22.9 Å². The fourth-order valence-corrected chi connectivity index (χ4v) is 2.87. The van der Waals surface area contributed by atoms with E-state index in [1.807, 2.05) is 49.4 Å². The van der Waals surface area contributed by atoms with Crippen molar-refractivity contribution in [3.63, 3.8) is 0 Å². The second-order valence-corrected chi connectivity index (χ2v) is 6.77. The van der Waals surface area contributed by atoms with E-state index in [0.717, 1.165) is 17.7 Å². The fourth-order valence-electron chi connectivity index (χ4n) is 2.74. The summed E-state index contributed by atoms with van der Waals surface area (Å²) in [6.07, 6.45) is 2.50. The van der Waals surface area contributed by atoms with Crippen LogP contribution in [-0.4, -0.2) is 35.4 Å². The average Bonchev–Trinajstić information content (AvgIpc) is 3.13. The van der Waals surface area contributed by atoms with Crippen molar-refractivity contribution < 1.29 is 9.53 Å². The van der Waals surface area contributed by atoms with E-state index >= 15 is 0 Å². The predicted octanol–water partition coefficient (Wildman–Crippen LogP) is 4.35. The van der Waals surface area contributed by atoms with Gasteiger partial charge in [0.2, 0.25) is 0 Å². The first kappa shape index (κ1) is 19.1. The standard InChI is InChI=1S/C21H22ClN3O2/c1-15(12-13-27-2)23-21(26)19-14-25(18-6-4-3-5-7-18)24-20(19)16-8-10-17(22)11-9-16/h3-11,14-15H,12-13H2,1-2H3,(H,23,26). The van der Waals surface area contributed by atoms with Crippen LogP contribution in [0, 0.1) is 0 Å². The van der Waals surface area contributed by atoms with Crippen LogP contribution in [0.3, 0.4) is 0 Å². The van der Waals surface area contributed by atoms with Crippen molar-refractivity contribution in [1.29, 1.82) is 0 Å². The number of rotatable bonds is 7. The van der Waals surface area contributed by atoms with Crippen LogP contribution in [0.1, 0.15) is 23.7 Å². The van der Waals surface area contributed by atoms with Crippen molar-refractivity contribution >= 4 is 17.5 Å². The number of nitrogens with one attached hydrogen (secondary N) is 1. The first-order valence-electron chi connectivity index (χ1n) is 8.79. The molecule has 3 aromatic rings. The summed E-state index contributed by atoms with van der Waals surface area (Å²) in [5.41, 5.74) is 2.86. The molecule has 3 rings (SSSR count). The number of halogens is 1. The molecule has 0 saturated carbocycles. The lowest BCUT2D eigenvalue weighted by Gasteiger charge is -2.13. The second kappa shape index (κ2) is 8.84. The van der Waals surface area contributed by atoms with Gasteiger partial charge in [-0.2, -0.15) is 5.10 Å². The third-order valence-electron chi connectivity index (χ3n) is 4.23. The lowest BCUT2D eigenvalue weighted by atomic mass is 10.1. The second-order valence-electron chi connectivity index (χ2n) is 6.33. The minimum Gasteiger partial charge on any atom is -0.385 e. The summed E-state index contributed by atoms with van der Waals surface area (Å²) in [5.74, 6) is -0.161. The molecule has 2 aromatic carbocycles. The maximum Gasteiger partial charge on any atom is 0.255 e. The van der Waals surface area contributed by atoms with Gasteiger partial charge in [0, 0.05) is 36.5 Å². The maximum atomic E-state index is 12.9. The van der Waals surface area contributed by atoms with E-state index in [2.05, 4.69) is 10.4 Å². The van der Waals surface area contributed by atoms with Gasteiger partial charge in [-0.15, -0.1) is 0 Å². The largest absolute Gasteiger partial charge is 0.385 e. The van der Waals surface area contributed by atoms with Gasteiger partial charge in [-0.3, -0.25) is 4.79 Å². The van der Waals surface area contributed by atoms with Gasteiger partial charge in [0.25, 0.3) is 5.91 Å². The molecule has 0 spiro atoms. The fraction of sp³-hybridized carbons (Fsp3) is 0.238. The summed E-state index contributed by atoms with van der Waals surface area (Å²) >= 11 is 6.00. The quantitative estimate of drug-likeness (QED) is 0.660. The molecule has 0 aliphatic carbocycles. The number of carbonyl (C=O) groups is 1. The minimum absolute atomic E-state index is 0.00408. The predicted molar refractivity (Wildman–Crippen MR) is 107 cm³/mol. The molecule has 1 heterocycles. The third kappa shape index (κ3) is 4.76. The Labute approximate surface area is 163 Å². The van der Waals surface area contributed by atoms with Gasteiger partial charge in [-0.05, 0) is 37.6 Å². The van der Waals surface area contributed by atoms with E-state index in [1.165, 1.54) is 0 Å². The number of methoxy groups -OCH3 is 1. The molecule has 27 heavy (non-hydrogen) atoms. The Kier molecular flexibility index (Phi) is 6.27. The van der Waals surface area contributed by atoms with Gasteiger partial charge < -0.3 is 10.1 Å². The number of ether oxygens (including phenoxy) is 1. The number of carbonyl (C=O) groups excluding carboxylic acids is 1. The minimum atomic E-state index is -0.161. The van der Waals surface area contributed by atoms with Crippen LogP contribution < -0.4 is 5.32 Å². The monoisotopic (exact) mass is 383 g/mol. The molecule has 0 radical (unpaired) electrons. The number of nitrogens with zero attached hydrogens (tertiary/aromatic N) is 2. The highest BCUT2D eigenvalue weighted by Gasteiger charge is 2.20. The zero-order valence-electron chi connectivity index (χ0n) is 15.4. The van der Waals surface area contributed by atoms with Gasteiger partial charge in [-0.1, -0.05) is 41.9 Å². The Morgan fingerprint density at radius 2 is 1.89 bits per heavy atom. The van der Waals surface area contributed by atoms with Crippen LogP contribution >= 0.6 is 11.6 Å². The highest BCUT2D eigenvalue weighted by Crippen LogP contribution is 2.25. The van der Waals surface area contributed by atoms with E-state index in [9.17, 15) is 4.79 Å². The summed E-state index contributed by atoms with van der Waals surface area (Å²) in [4.78, 5) is 12.9. The van der Waals surface area contributed by atoms with E-state index in [1.54, 1.807) is 30.1 Å². The zero-order chi connectivity index (χ0) is 19.2. The Hall–Kier alpha value is -2.63. The smallest absolute Gasteiger partial charge is 0.255 e. The lowest BCUT2D eigenvalue weighted by Crippen LogP contribution is -2.33. The molecule has 0 bridgehead atoms. The SMILES string of the molecule is COCCC(C)NC(=O)c1cn(-c2ccccc2)nc1-c1ccc(Cl)cc1. The number of para-hydroxylation sites is 1. The Morgan fingerprint density at radius 3 is 2.56 bits per heavy atom. The topological polar surface area (TPSA) is 56.1 Å². The normalized spacial score (nSPS) is 12.0. The molecule has 5 nitrogen and oxygen atoms in total. The van der Waals surface area contributed by atoms with Crippen molar-refractivity contribution in [2.45, 2.75) is 19.4 Å². The van der Waals surface area contributed by atoms with Crippen LogP contribution in [0.5, 0.6) is 0 Å². The Balaban J connectivity index is 1.96. The molecule has 1 unspecified atom stereocenters. The van der Waals surface area contributed by atoms with Crippen LogP contribution in [-0.2, 0) is 4.74 Å². The molecule has 140 valence electrons. The van der Waals surface area contributed by atoms with E-state index < -0.39 is 0 Å². The van der Waals surface area contributed by atoms with Crippen molar-refractivity contribution in [2.24, 2.45) is 0 Å². The molecule has 0 aliphatic heterocycles. The molecule has 0 aliphatic rings. The summed E-state index contributed by atoms with van der Waals surface area (Å²) in [6.45, 7) is 2.55. The maximum absolute atomic E-state index is 12.9. The summed E-state index contributed by atoms with van der Waals surface area (Å²) in [5, 5.41) is 8.32. The zero-order valence-corrected chi connectivity index (χ0v) is 16.1. The molecule has 1 aromatic heterocycles. The van der Waals surface area contributed by atoms with Crippen LogP contribution in [0.4, 0.5) is 0 Å². The summed E-state index contributed by atoms with van der Waals surface area (Å²) in [6, 6.07) is 17.0. The first-order valence-corrected chi connectivity index (χ1v) is 9.17. The Bertz CT molecular complexity index is 892. The molecular weight excluding hydrogens is 362 g/mol. The van der Waals surface area contributed by atoms with E-state index in [4.69, 9.17) is 16.3 Å². The molecular formula is C21H22ClN3O2. The molecule has 1 N–H and O–H groups in total. The summed E-state index contributed by atoms with van der Waals surface area (Å²) in [7, 11) is 1.65. The van der Waals surface area contributed by atoms with Crippen molar-refractivity contribution in [1.82, 2.24) is 15.1 Å². The highest BCUT2D eigenvalue weighted by atomic mass is 35.5. The van der Waals surface area contributed by atoms with Gasteiger partial charge in [0.05, 0.1) is 11.3 Å². The Morgan fingerprint density at radius 1 is 1.19 bits per heavy atom. The number of benzene rings is 2. The van der Waals surface area contributed by atoms with Crippen molar-refractivity contribution in [3.05, 3.63) is 71.4 Å². The summed E-state index contributed by atoms with van der Waals surface area (Å²) < 4.78 is 6.81. The van der Waals surface area contributed by atoms with Crippen LogP contribution in [0.25, 0.3) is 16.9 Å². The number of hydrogen-bond acceptors (Lipinski definition) is 3. The van der Waals surface area contributed by atoms with Gasteiger partial charge in [-0.25, -0.2) is 4.68 Å². The number of hydrogen-bond donors (Lipinski definition) is 1. The van der Waals surface area contributed by atoms with Crippen molar-refractivity contribution in [3.8, 4) is 16.9 Å².